The van der Waals surface area contributed by atoms with Crippen LogP contribution in [0.1, 0.15) is 17.8 Å². The van der Waals surface area contributed by atoms with Gasteiger partial charge in [-0.2, -0.15) is 0 Å². The van der Waals surface area contributed by atoms with Crippen molar-refractivity contribution in [1.29, 1.82) is 0 Å². The zero-order valence-electron chi connectivity index (χ0n) is 11.4. The molecule has 2 aromatic rings. The number of benzene rings is 1. The molecule has 3 rings (SSSR count). The molecule has 1 unspecified atom stereocenters. The average molecular weight is 275 g/mol. The number of hydrogen-bond donors (Lipinski definition) is 1. The van der Waals surface area contributed by atoms with Crippen LogP contribution in [0.5, 0.6) is 0 Å². The minimum atomic E-state index is 0.732. The Hall–Kier alpha value is -0.970. The van der Waals surface area contributed by atoms with Gasteiger partial charge in [0.25, 0.3) is 0 Å². The fourth-order valence-electron chi connectivity index (χ4n) is 2.73. The summed E-state index contributed by atoms with van der Waals surface area (Å²) >= 11 is 1.82. The molecule has 2 heterocycles. The predicted molar refractivity (Wildman–Crippen MR) is 81.8 cm³/mol. The maximum atomic E-state index is 4.67. The highest BCUT2D eigenvalue weighted by Crippen LogP contribution is 2.21. The number of aromatic nitrogens is 1. The smallest absolute Gasteiger partial charge is 0.0951 e. The molecule has 102 valence electrons. The van der Waals surface area contributed by atoms with Gasteiger partial charge in [-0.25, -0.2) is 4.98 Å². The number of thiazole rings is 1. The van der Waals surface area contributed by atoms with Crippen molar-refractivity contribution in [3.8, 4) is 0 Å². The minimum absolute atomic E-state index is 0.732. The van der Waals surface area contributed by atoms with Crippen LogP contribution >= 0.6 is 11.3 Å². The molecule has 1 aliphatic heterocycles. The topological polar surface area (TPSA) is 28.2 Å². The molecule has 0 spiro atoms. The summed E-state index contributed by atoms with van der Waals surface area (Å²) in [7, 11) is 2.23. The standard InChI is InChI=1S/C15H21N3S/c1-18-10-4-5-12(18)11-16-9-8-15-17-13-6-2-3-7-14(13)19-15/h2-3,6-7,12,16H,4-5,8-11H2,1H3. The highest BCUT2D eigenvalue weighted by molar-refractivity contribution is 7.18. The summed E-state index contributed by atoms with van der Waals surface area (Å²) in [4.78, 5) is 7.13. The predicted octanol–water partition coefficient (Wildman–Crippen LogP) is 2.52. The van der Waals surface area contributed by atoms with E-state index in [-0.39, 0.29) is 0 Å². The maximum absolute atomic E-state index is 4.67. The summed E-state index contributed by atoms with van der Waals surface area (Å²) in [6.45, 7) is 3.40. The van der Waals surface area contributed by atoms with E-state index in [1.807, 2.05) is 11.3 Å². The lowest BCUT2D eigenvalue weighted by Crippen LogP contribution is -2.36. The van der Waals surface area contributed by atoms with Gasteiger partial charge in [-0.3, -0.25) is 0 Å². The second-order valence-corrected chi connectivity index (χ2v) is 6.42. The highest BCUT2D eigenvalue weighted by Gasteiger charge is 2.19. The third kappa shape index (κ3) is 3.14. The Morgan fingerprint density at radius 1 is 1.42 bits per heavy atom. The number of rotatable bonds is 5. The summed E-state index contributed by atoms with van der Waals surface area (Å²) < 4.78 is 1.30. The Kier molecular flexibility index (Phi) is 4.11. The first kappa shape index (κ1) is 13.0. The Morgan fingerprint density at radius 3 is 3.11 bits per heavy atom. The number of hydrogen-bond acceptors (Lipinski definition) is 4. The van der Waals surface area contributed by atoms with Gasteiger partial charge in [0.15, 0.2) is 0 Å². The quantitative estimate of drug-likeness (QED) is 0.850. The zero-order valence-corrected chi connectivity index (χ0v) is 12.2. The highest BCUT2D eigenvalue weighted by atomic mass is 32.1. The van der Waals surface area contributed by atoms with E-state index in [4.69, 9.17) is 0 Å². The molecule has 0 amide bonds. The number of likely N-dealkylation sites (N-methyl/N-ethyl adjacent to an activating group) is 1. The minimum Gasteiger partial charge on any atom is -0.315 e. The normalized spacial score (nSPS) is 20.4. The molecule has 0 radical (unpaired) electrons. The van der Waals surface area contributed by atoms with Crippen LogP contribution in [0.4, 0.5) is 0 Å². The van der Waals surface area contributed by atoms with E-state index in [9.17, 15) is 0 Å². The Balaban J connectivity index is 1.47. The van der Waals surface area contributed by atoms with Crippen molar-refractivity contribution in [3.05, 3.63) is 29.3 Å². The number of fused-ring (bicyclic) bond motifs is 1. The molecule has 4 heteroatoms. The summed E-state index contributed by atoms with van der Waals surface area (Å²) in [6, 6.07) is 9.11. The molecule has 1 atom stereocenters. The van der Waals surface area contributed by atoms with Crippen molar-refractivity contribution in [2.45, 2.75) is 25.3 Å². The van der Waals surface area contributed by atoms with Crippen LogP contribution in [-0.4, -0.2) is 42.6 Å². The van der Waals surface area contributed by atoms with Gasteiger partial charge in [-0.1, -0.05) is 12.1 Å². The molecule has 1 aromatic carbocycles. The molecule has 1 aliphatic rings. The van der Waals surface area contributed by atoms with E-state index in [2.05, 4.69) is 46.5 Å². The number of nitrogens with zero attached hydrogens (tertiary/aromatic N) is 2. The lowest BCUT2D eigenvalue weighted by Gasteiger charge is -2.19. The van der Waals surface area contributed by atoms with Crippen molar-refractivity contribution < 1.29 is 0 Å². The van der Waals surface area contributed by atoms with Gasteiger partial charge in [0.2, 0.25) is 0 Å². The Labute approximate surface area is 118 Å². The lowest BCUT2D eigenvalue weighted by molar-refractivity contribution is 0.301. The van der Waals surface area contributed by atoms with Crippen LogP contribution in [0.3, 0.4) is 0 Å². The van der Waals surface area contributed by atoms with Gasteiger partial charge >= 0.3 is 0 Å². The molecular formula is C15H21N3S. The summed E-state index contributed by atoms with van der Waals surface area (Å²) in [5.74, 6) is 0. The largest absolute Gasteiger partial charge is 0.315 e. The molecule has 1 saturated heterocycles. The summed E-state index contributed by atoms with van der Waals surface area (Å²) in [6.07, 6.45) is 3.72. The number of likely N-dealkylation sites (tertiary alicyclic amines) is 1. The molecule has 1 aromatic heterocycles. The van der Waals surface area contributed by atoms with Crippen molar-refractivity contribution in [3.63, 3.8) is 0 Å². The average Bonchev–Trinajstić information content (AvgIpc) is 3.00. The summed E-state index contributed by atoms with van der Waals surface area (Å²) in [5.41, 5.74) is 1.14. The van der Waals surface area contributed by atoms with E-state index in [0.717, 1.165) is 31.1 Å². The van der Waals surface area contributed by atoms with E-state index >= 15 is 0 Å². The van der Waals surface area contributed by atoms with Crippen LogP contribution in [0, 0.1) is 0 Å². The molecule has 0 saturated carbocycles. The third-order valence-electron chi connectivity index (χ3n) is 3.91. The second-order valence-electron chi connectivity index (χ2n) is 5.31. The zero-order chi connectivity index (χ0) is 13.1. The third-order valence-corrected chi connectivity index (χ3v) is 5.00. The molecule has 3 nitrogen and oxygen atoms in total. The van der Waals surface area contributed by atoms with Crippen molar-refractivity contribution in [2.75, 3.05) is 26.7 Å². The van der Waals surface area contributed by atoms with Crippen LogP contribution in [0.2, 0.25) is 0 Å². The molecule has 1 N–H and O–H groups in total. The van der Waals surface area contributed by atoms with Gasteiger partial charge < -0.3 is 10.2 Å². The van der Waals surface area contributed by atoms with Crippen molar-refractivity contribution >= 4 is 21.6 Å². The Bertz CT molecular complexity index is 504. The van der Waals surface area contributed by atoms with Crippen LogP contribution in [-0.2, 0) is 6.42 Å². The van der Waals surface area contributed by atoms with Crippen LogP contribution in [0.25, 0.3) is 10.2 Å². The van der Waals surface area contributed by atoms with Gasteiger partial charge in [0, 0.05) is 25.6 Å². The van der Waals surface area contributed by atoms with Crippen molar-refractivity contribution in [1.82, 2.24) is 15.2 Å². The maximum Gasteiger partial charge on any atom is 0.0951 e. The summed E-state index contributed by atoms with van der Waals surface area (Å²) in [5, 5.41) is 4.82. The van der Waals surface area contributed by atoms with Crippen LogP contribution in [0.15, 0.2) is 24.3 Å². The fraction of sp³-hybridized carbons (Fsp3) is 0.533. The number of nitrogens with one attached hydrogen (secondary N) is 1. The molecule has 1 fully saturated rings. The SMILES string of the molecule is CN1CCCC1CNCCc1nc2ccccc2s1. The monoisotopic (exact) mass is 275 g/mol. The van der Waals surface area contributed by atoms with E-state index in [0.29, 0.717) is 0 Å². The van der Waals surface area contributed by atoms with E-state index in [1.165, 1.54) is 29.1 Å². The van der Waals surface area contributed by atoms with E-state index < -0.39 is 0 Å². The Morgan fingerprint density at radius 2 is 2.32 bits per heavy atom. The first-order valence-corrected chi connectivity index (χ1v) is 7.90. The van der Waals surface area contributed by atoms with Crippen LogP contribution < -0.4 is 5.32 Å². The number of para-hydroxylation sites is 1. The van der Waals surface area contributed by atoms with Gasteiger partial charge in [-0.15, -0.1) is 11.3 Å². The molecule has 0 aliphatic carbocycles. The van der Waals surface area contributed by atoms with Crippen molar-refractivity contribution in [2.24, 2.45) is 0 Å². The van der Waals surface area contributed by atoms with E-state index in [1.54, 1.807) is 0 Å². The van der Waals surface area contributed by atoms with Gasteiger partial charge in [0.05, 0.1) is 15.2 Å². The molecular weight excluding hydrogens is 254 g/mol. The fourth-order valence-corrected chi connectivity index (χ4v) is 3.69. The second kappa shape index (κ2) is 5.99. The van der Waals surface area contributed by atoms with Gasteiger partial charge in [-0.05, 0) is 38.6 Å². The first-order chi connectivity index (χ1) is 9.33. The first-order valence-electron chi connectivity index (χ1n) is 7.08. The lowest BCUT2D eigenvalue weighted by atomic mass is 10.2. The molecule has 19 heavy (non-hydrogen) atoms. The van der Waals surface area contributed by atoms with Gasteiger partial charge in [0.1, 0.15) is 0 Å². The molecule has 0 bridgehead atoms.